The second kappa shape index (κ2) is 9.15. The Hall–Kier alpha value is -2.66. The van der Waals surface area contributed by atoms with Crippen molar-refractivity contribution in [3.63, 3.8) is 0 Å². The van der Waals surface area contributed by atoms with E-state index < -0.39 is 5.91 Å². The van der Waals surface area contributed by atoms with E-state index in [2.05, 4.69) is 17.1 Å². The van der Waals surface area contributed by atoms with Crippen LogP contribution in [0.2, 0.25) is 0 Å². The van der Waals surface area contributed by atoms with E-state index >= 15 is 0 Å². The molecule has 0 aliphatic heterocycles. The number of likely N-dealkylation sites (N-methyl/N-ethyl adjacent to an activating group) is 1. The molecule has 2 rings (SSSR count). The van der Waals surface area contributed by atoms with Crippen LogP contribution in [0, 0.1) is 0 Å². The van der Waals surface area contributed by atoms with Crippen LogP contribution in [-0.4, -0.2) is 43.4 Å². The average molecular weight is 353 g/mol. The minimum Gasteiger partial charge on any atom is -0.366 e. The van der Waals surface area contributed by atoms with Crippen LogP contribution in [0.3, 0.4) is 0 Å². The molecule has 138 valence electrons. The molecule has 0 bridgehead atoms. The zero-order chi connectivity index (χ0) is 19.1. The summed E-state index contributed by atoms with van der Waals surface area (Å²) in [4.78, 5) is 25.8. The molecule has 0 saturated heterocycles. The Morgan fingerprint density at radius 1 is 1.04 bits per heavy atom. The predicted molar refractivity (Wildman–Crippen MR) is 105 cm³/mol. The van der Waals surface area contributed by atoms with Gasteiger partial charge >= 0.3 is 0 Å². The summed E-state index contributed by atoms with van der Waals surface area (Å²) in [6.45, 7) is 2.77. The van der Waals surface area contributed by atoms with Gasteiger partial charge in [0, 0.05) is 23.7 Å². The monoisotopic (exact) mass is 353 g/mol. The van der Waals surface area contributed by atoms with Crippen molar-refractivity contribution >= 4 is 11.8 Å². The largest absolute Gasteiger partial charge is 0.366 e. The summed E-state index contributed by atoms with van der Waals surface area (Å²) in [7, 11) is 4.06. The van der Waals surface area contributed by atoms with Gasteiger partial charge in [0.25, 0.3) is 5.91 Å². The van der Waals surface area contributed by atoms with Crippen molar-refractivity contribution in [3.8, 4) is 11.1 Å². The van der Waals surface area contributed by atoms with E-state index in [-0.39, 0.29) is 5.91 Å². The van der Waals surface area contributed by atoms with Crippen molar-refractivity contribution in [2.24, 2.45) is 5.73 Å². The van der Waals surface area contributed by atoms with E-state index in [1.54, 1.807) is 18.2 Å². The number of nitrogens with one attached hydrogen (secondary N) is 1. The highest BCUT2D eigenvalue weighted by molar-refractivity contribution is 5.96. The highest BCUT2D eigenvalue weighted by atomic mass is 16.2. The maximum absolute atomic E-state index is 12.5. The van der Waals surface area contributed by atoms with Crippen molar-refractivity contribution in [2.75, 3.05) is 20.6 Å². The third-order valence-electron chi connectivity index (χ3n) is 4.48. The van der Waals surface area contributed by atoms with Gasteiger partial charge in [-0.15, -0.1) is 0 Å². The van der Waals surface area contributed by atoms with Crippen molar-refractivity contribution < 1.29 is 9.59 Å². The Morgan fingerprint density at radius 2 is 1.73 bits per heavy atom. The van der Waals surface area contributed by atoms with E-state index in [0.717, 1.165) is 24.0 Å². The zero-order valence-electron chi connectivity index (χ0n) is 15.7. The standard InChI is InChI=1S/C21H27N3O2/c1-4-6-19(24(2)3)14-23-21(26)18-8-5-7-17(13-18)15-9-11-16(12-10-15)20(22)25/h5,7-13,19H,4,6,14H2,1-3H3,(H2,22,25)(H,23,26)/t19-/m1/s1. The first-order chi connectivity index (χ1) is 12.4. The molecular weight excluding hydrogens is 326 g/mol. The van der Waals surface area contributed by atoms with Crippen LogP contribution >= 0.6 is 0 Å². The molecule has 0 unspecified atom stereocenters. The third-order valence-corrected chi connectivity index (χ3v) is 4.48. The van der Waals surface area contributed by atoms with Crippen LogP contribution in [0.15, 0.2) is 48.5 Å². The van der Waals surface area contributed by atoms with E-state index in [1.165, 1.54) is 0 Å². The second-order valence-electron chi connectivity index (χ2n) is 6.64. The summed E-state index contributed by atoms with van der Waals surface area (Å²) in [5.41, 5.74) is 8.21. The van der Waals surface area contributed by atoms with Crippen molar-refractivity contribution in [2.45, 2.75) is 25.8 Å². The molecule has 0 radical (unpaired) electrons. The highest BCUT2D eigenvalue weighted by Crippen LogP contribution is 2.21. The predicted octanol–water partition coefficient (Wildman–Crippen LogP) is 2.91. The SMILES string of the molecule is CCC[C@H](CNC(=O)c1cccc(-c2ccc(C(N)=O)cc2)c1)N(C)C. The number of carbonyl (C=O) groups is 2. The van der Waals surface area contributed by atoms with Crippen LogP contribution in [0.4, 0.5) is 0 Å². The summed E-state index contributed by atoms with van der Waals surface area (Å²) >= 11 is 0. The Morgan fingerprint density at radius 3 is 2.31 bits per heavy atom. The molecule has 0 aliphatic rings. The molecule has 0 spiro atoms. The number of nitrogens with zero attached hydrogens (tertiary/aromatic N) is 1. The van der Waals surface area contributed by atoms with Gasteiger partial charge in [0.05, 0.1) is 0 Å². The fourth-order valence-electron chi connectivity index (χ4n) is 2.86. The first-order valence-corrected chi connectivity index (χ1v) is 8.87. The van der Waals surface area contributed by atoms with Gasteiger partial charge in [-0.25, -0.2) is 0 Å². The van der Waals surface area contributed by atoms with E-state index in [1.807, 2.05) is 44.4 Å². The summed E-state index contributed by atoms with van der Waals surface area (Å²) in [5.74, 6) is -0.532. The van der Waals surface area contributed by atoms with Gasteiger partial charge in [0.1, 0.15) is 0 Å². The molecule has 2 aromatic carbocycles. The first-order valence-electron chi connectivity index (χ1n) is 8.87. The molecule has 2 aromatic rings. The smallest absolute Gasteiger partial charge is 0.251 e. The second-order valence-corrected chi connectivity index (χ2v) is 6.64. The molecule has 0 fully saturated rings. The van der Waals surface area contributed by atoms with E-state index in [0.29, 0.717) is 23.7 Å². The molecular formula is C21H27N3O2. The van der Waals surface area contributed by atoms with Crippen molar-refractivity contribution in [3.05, 3.63) is 59.7 Å². The summed E-state index contributed by atoms with van der Waals surface area (Å²) in [6.07, 6.45) is 2.12. The fraction of sp³-hybridized carbons (Fsp3) is 0.333. The minimum atomic E-state index is -0.452. The lowest BCUT2D eigenvalue weighted by molar-refractivity contribution is 0.0939. The molecule has 2 amide bonds. The number of hydrogen-bond donors (Lipinski definition) is 2. The fourth-order valence-corrected chi connectivity index (χ4v) is 2.86. The Kier molecular flexibility index (Phi) is 6.92. The average Bonchev–Trinajstić information content (AvgIpc) is 2.64. The number of hydrogen-bond acceptors (Lipinski definition) is 3. The summed E-state index contributed by atoms with van der Waals surface area (Å²) in [5, 5.41) is 3.03. The number of primary amides is 1. The van der Waals surface area contributed by atoms with E-state index in [9.17, 15) is 9.59 Å². The molecule has 1 atom stereocenters. The molecule has 26 heavy (non-hydrogen) atoms. The lowest BCUT2D eigenvalue weighted by atomic mass is 10.0. The molecule has 0 saturated carbocycles. The highest BCUT2D eigenvalue weighted by Gasteiger charge is 2.13. The van der Waals surface area contributed by atoms with Crippen molar-refractivity contribution in [1.82, 2.24) is 10.2 Å². The third kappa shape index (κ3) is 5.17. The van der Waals surface area contributed by atoms with Gasteiger partial charge in [0.15, 0.2) is 0 Å². The van der Waals surface area contributed by atoms with Gasteiger partial charge in [-0.2, -0.15) is 0 Å². The number of benzene rings is 2. The van der Waals surface area contributed by atoms with Crippen LogP contribution in [0.5, 0.6) is 0 Å². The molecule has 0 aliphatic carbocycles. The number of amides is 2. The molecule has 5 heteroatoms. The lowest BCUT2D eigenvalue weighted by Crippen LogP contribution is -2.40. The van der Waals surface area contributed by atoms with Gasteiger partial charge in [-0.05, 0) is 55.9 Å². The van der Waals surface area contributed by atoms with E-state index in [4.69, 9.17) is 5.73 Å². The van der Waals surface area contributed by atoms with Gasteiger partial charge in [-0.3, -0.25) is 9.59 Å². The maximum atomic E-state index is 12.5. The number of nitrogens with two attached hydrogens (primary N) is 1. The maximum Gasteiger partial charge on any atom is 0.251 e. The zero-order valence-corrected chi connectivity index (χ0v) is 15.7. The van der Waals surface area contributed by atoms with Gasteiger partial charge in [-0.1, -0.05) is 37.6 Å². The van der Waals surface area contributed by atoms with Gasteiger partial charge < -0.3 is 16.0 Å². The quantitative estimate of drug-likeness (QED) is 0.766. The normalized spacial score (nSPS) is 12.0. The van der Waals surface area contributed by atoms with Gasteiger partial charge in [0.2, 0.25) is 5.91 Å². The first kappa shape index (κ1) is 19.7. The van der Waals surface area contributed by atoms with Crippen LogP contribution < -0.4 is 11.1 Å². The van der Waals surface area contributed by atoms with Crippen molar-refractivity contribution in [1.29, 1.82) is 0 Å². The molecule has 3 N–H and O–H groups in total. The minimum absolute atomic E-state index is 0.0800. The Labute approximate surface area is 155 Å². The Bertz CT molecular complexity index is 754. The number of rotatable bonds is 8. The van der Waals surface area contributed by atoms with Crippen LogP contribution in [0.25, 0.3) is 11.1 Å². The summed E-state index contributed by atoms with van der Waals surface area (Å²) < 4.78 is 0. The molecule has 0 heterocycles. The van der Waals surface area contributed by atoms with Crippen LogP contribution in [0.1, 0.15) is 40.5 Å². The summed E-state index contributed by atoms with van der Waals surface area (Å²) in [6, 6.07) is 14.8. The number of carbonyl (C=O) groups excluding carboxylic acids is 2. The van der Waals surface area contributed by atoms with Crippen LogP contribution in [-0.2, 0) is 0 Å². The Balaban J connectivity index is 2.10. The topological polar surface area (TPSA) is 75.4 Å². The molecule has 0 aromatic heterocycles. The molecule has 5 nitrogen and oxygen atoms in total. The lowest BCUT2D eigenvalue weighted by Gasteiger charge is -2.24.